The van der Waals surface area contributed by atoms with Crippen LogP contribution in [-0.4, -0.2) is 11.5 Å². The molecule has 0 amide bonds. The van der Waals surface area contributed by atoms with E-state index < -0.39 is 0 Å². The van der Waals surface area contributed by atoms with Crippen LogP contribution >= 0.6 is 0 Å². The largest absolute Gasteiger partial charge is 0.366 e. The third-order valence-corrected chi connectivity index (χ3v) is 3.39. The summed E-state index contributed by atoms with van der Waals surface area (Å²) in [6.45, 7) is 6.67. The number of hydrogen-bond acceptors (Lipinski definition) is 3. The van der Waals surface area contributed by atoms with Gasteiger partial charge >= 0.3 is 0 Å². The number of benzene rings is 1. The first-order valence-electron chi connectivity index (χ1n) is 6.69. The smallest absolute Gasteiger partial charge is 0.0555 e. The first kappa shape index (κ1) is 13.6. The maximum Gasteiger partial charge on any atom is 0.0555 e. The lowest BCUT2D eigenvalue weighted by molar-refractivity contribution is 0.821. The standard InChI is InChI=1S/C16H21N3/c1-3-19(12-14-7-5-4-6-13(14)2)16-9-8-15(10-17)18-11-16/h4-9,11H,3,10,12,17H2,1-2H3. The Hall–Kier alpha value is -1.87. The minimum Gasteiger partial charge on any atom is -0.366 e. The number of nitrogens with two attached hydrogens (primary N) is 1. The molecule has 0 unspecified atom stereocenters. The molecular formula is C16H21N3. The van der Waals surface area contributed by atoms with Crippen LogP contribution in [0.4, 0.5) is 5.69 Å². The Morgan fingerprint density at radius 2 is 1.95 bits per heavy atom. The van der Waals surface area contributed by atoms with E-state index in [0.29, 0.717) is 6.54 Å². The Balaban J connectivity index is 2.17. The molecular weight excluding hydrogens is 234 g/mol. The van der Waals surface area contributed by atoms with E-state index in [4.69, 9.17) is 5.73 Å². The Morgan fingerprint density at radius 1 is 1.16 bits per heavy atom. The molecule has 2 aromatic rings. The monoisotopic (exact) mass is 255 g/mol. The van der Waals surface area contributed by atoms with Crippen molar-refractivity contribution in [3.8, 4) is 0 Å². The van der Waals surface area contributed by atoms with Crippen molar-refractivity contribution in [2.24, 2.45) is 5.73 Å². The normalized spacial score (nSPS) is 10.5. The van der Waals surface area contributed by atoms with Gasteiger partial charge in [-0.15, -0.1) is 0 Å². The van der Waals surface area contributed by atoms with Crippen LogP contribution in [0.1, 0.15) is 23.7 Å². The molecule has 2 rings (SSSR count). The zero-order chi connectivity index (χ0) is 13.7. The molecule has 0 saturated heterocycles. The maximum absolute atomic E-state index is 5.58. The summed E-state index contributed by atoms with van der Waals surface area (Å²) in [6.07, 6.45) is 1.91. The molecule has 1 heterocycles. The highest BCUT2D eigenvalue weighted by Crippen LogP contribution is 2.18. The van der Waals surface area contributed by atoms with E-state index in [-0.39, 0.29) is 0 Å². The highest BCUT2D eigenvalue weighted by atomic mass is 15.1. The summed E-state index contributed by atoms with van der Waals surface area (Å²) in [5, 5.41) is 0. The number of aryl methyl sites for hydroxylation is 1. The van der Waals surface area contributed by atoms with Crippen molar-refractivity contribution in [2.75, 3.05) is 11.4 Å². The van der Waals surface area contributed by atoms with Crippen LogP contribution in [0.2, 0.25) is 0 Å². The molecule has 0 atom stereocenters. The van der Waals surface area contributed by atoms with E-state index >= 15 is 0 Å². The van der Waals surface area contributed by atoms with Gasteiger partial charge in [-0.2, -0.15) is 0 Å². The van der Waals surface area contributed by atoms with Gasteiger partial charge in [-0.3, -0.25) is 4.98 Å². The van der Waals surface area contributed by atoms with Crippen LogP contribution in [0.15, 0.2) is 42.6 Å². The van der Waals surface area contributed by atoms with Gasteiger partial charge in [0.15, 0.2) is 0 Å². The van der Waals surface area contributed by atoms with E-state index in [1.807, 2.05) is 12.3 Å². The third kappa shape index (κ3) is 3.32. The van der Waals surface area contributed by atoms with Gasteiger partial charge in [0, 0.05) is 19.6 Å². The average molecular weight is 255 g/mol. The molecule has 0 fully saturated rings. The number of rotatable bonds is 5. The lowest BCUT2D eigenvalue weighted by Gasteiger charge is -2.24. The highest BCUT2D eigenvalue weighted by molar-refractivity contribution is 5.46. The number of nitrogens with zero attached hydrogens (tertiary/aromatic N) is 2. The van der Waals surface area contributed by atoms with Gasteiger partial charge in [0.2, 0.25) is 0 Å². The Morgan fingerprint density at radius 3 is 2.53 bits per heavy atom. The maximum atomic E-state index is 5.58. The van der Waals surface area contributed by atoms with Gasteiger partial charge in [-0.05, 0) is 37.1 Å². The second kappa shape index (κ2) is 6.34. The minimum atomic E-state index is 0.490. The fraction of sp³-hybridized carbons (Fsp3) is 0.312. The van der Waals surface area contributed by atoms with E-state index in [0.717, 1.165) is 24.5 Å². The SMILES string of the molecule is CCN(Cc1ccccc1C)c1ccc(CN)nc1. The van der Waals surface area contributed by atoms with Crippen molar-refractivity contribution < 1.29 is 0 Å². The van der Waals surface area contributed by atoms with Gasteiger partial charge in [-0.1, -0.05) is 24.3 Å². The first-order valence-corrected chi connectivity index (χ1v) is 6.69. The van der Waals surface area contributed by atoms with Crippen molar-refractivity contribution >= 4 is 5.69 Å². The summed E-state index contributed by atoms with van der Waals surface area (Å²) in [6, 6.07) is 12.6. The topological polar surface area (TPSA) is 42.1 Å². The lowest BCUT2D eigenvalue weighted by Crippen LogP contribution is -2.22. The first-order chi connectivity index (χ1) is 9.24. The summed E-state index contributed by atoms with van der Waals surface area (Å²) >= 11 is 0. The number of hydrogen-bond donors (Lipinski definition) is 1. The Kier molecular flexibility index (Phi) is 4.53. The van der Waals surface area contributed by atoms with E-state index in [1.54, 1.807) is 0 Å². The van der Waals surface area contributed by atoms with Gasteiger partial charge in [-0.25, -0.2) is 0 Å². The molecule has 0 saturated carbocycles. The van der Waals surface area contributed by atoms with Crippen molar-refractivity contribution in [3.05, 3.63) is 59.4 Å². The molecule has 100 valence electrons. The predicted molar refractivity (Wildman–Crippen MR) is 80.0 cm³/mol. The third-order valence-electron chi connectivity index (χ3n) is 3.39. The fourth-order valence-electron chi connectivity index (χ4n) is 2.10. The van der Waals surface area contributed by atoms with Gasteiger partial charge in [0.1, 0.15) is 0 Å². The van der Waals surface area contributed by atoms with Crippen LogP contribution in [-0.2, 0) is 13.1 Å². The molecule has 1 aromatic heterocycles. The molecule has 0 aliphatic heterocycles. The minimum absolute atomic E-state index is 0.490. The summed E-state index contributed by atoms with van der Waals surface area (Å²) in [5.41, 5.74) is 10.3. The van der Waals surface area contributed by atoms with Crippen LogP contribution in [0.25, 0.3) is 0 Å². The quantitative estimate of drug-likeness (QED) is 0.893. The van der Waals surface area contributed by atoms with E-state index in [1.165, 1.54) is 11.1 Å². The van der Waals surface area contributed by atoms with Crippen LogP contribution in [0, 0.1) is 6.92 Å². The van der Waals surface area contributed by atoms with Crippen LogP contribution < -0.4 is 10.6 Å². The lowest BCUT2D eigenvalue weighted by atomic mass is 10.1. The molecule has 1 aromatic carbocycles. The van der Waals surface area contributed by atoms with Crippen LogP contribution in [0.5, 0.6) is 0 Å². The van der Waals surface area contributed by atoms with E-state index in [9.17, 15) is 0 Å². The zero-order valence-electron chi connectivity index (χ0n) is 11.6. The van der Waals surface area contributed by atoms with Gasteiger partial charge in [0.25, 0.3) is 0 Å². The van der Waals surface area contributed by atoms with Crippen LogP contribution in [0.3, 0.4) is 0 Å². The molecule has 2 N–H and O–H groups in total. The average Bonchev–Trinajstić information content (AvgIpc) is 2.47. The summed E-state index contributed by atoms with van der Waals surface area (Å²) in [4.78, 5) is 6.68. The molecule has 0 aliphatic rings. The predicted octanol–water partition coefficient (Wildman–Crippen LogP) is 2.88. The highest BCUT2D eigenvalue weighted by Gasteiger charge is 2.07. The number of anilines is 1. The van der Waals surface area contributed by atoms with Crippen molar-refractivity contribution in [3.63, 3.8) is 0 Å². The van der Waals surface area contributed by atoms with Crippen molar-refractivity contribution in [2.45, 2.75) is 26.9 Å². The molecule has 3 heteroatoms. The molecule has 0 radical (unpaired) electrons. The second-order valence-corrected chi connectivity index (χ2v) is 4.65. The molecule has 19 heavy (non-hydrogen) atoms. The summed E-state index contributed by atoms with van der Waals surface area (Å²) in [5.74, 6) is 0. The summed E-state index contributed by atoms with van der Waals surface area (Å²) in [7, 11) is 0. The zero-order valence-corrected chi connectivity index (χ0v) is 11.6. The molecule has 3 nitrogen and oxygen atoms in total. The second-order valence-electron chi connectivity index (χ2n) is 4.65. The van der Waals surface area contributed by atoms with Crippen molar-refractivity contribution in [1.82, 2.24) is 4.98 Å². The Bertz CT molecular complexity index is 520. The molecule has 0 aliphatic carbocycles. The van der Waals surface area contributed by atoms with E-state index in [2.05, 4.69) is 54.1 Å². The number of aromatic nitrogens is 1. The summed E-state index contributed by atoms with van der Waals surface area (Å²) < 4.78 is 0. The fourth-order valence-corrected chi connectivity index (χ4v) is 2.10. The molecule has 0 spiro atoms. The van der Waals surface area contributed by atoms with Crippen molar-refractivity contribution in [1.29, 1.82) is 0 Å². The number of pyridine rings is 1. The molecule has 0 bridgehead atoms. The Labute approximate surface area is 115 Å². The van der Waals surface area contributed by atoms with Gasteiger partial charge < -0.3 is 10.6 Å². The van der Waals surface area contributed by atoms with Gasteiger partial charge in [0.05, 0.1) is 17.6 Å².